The Morgan fingerprint density at radius 3 is 2.48 bits per heavy atom. The first-order chi connectivity index (χ1) is 16.2. The highest BCUT2D eigenvalue weighted by Crippen LogP contribution is 2.37. The van der Waals surface area contributed by atoms with E-state index in [0.29, 0.717) is 31.4 Å². The van der Waals surface area contributed by atoms with Crippen molar-refractivity contribution in [1.82, 2.24) is 9.55 Å². The van der Waals surface area contributed by atoms with E-state index < -0.39 is 5.79 Å². The number of halogens is 1. The summed E-state index contributed by atoms with van der Waals surface area (Å²) < 4.78 is 26.1. The first-order valence-electron chi connectivity index (χ1n) is 11.2. The van der Waals surface area contributed by atoms with E-state index in [1.165, 1.54) is 5.69 Å². The number of ether oxygens (including phenoxy) is 4. The van der Waals surface area contributed by atoms with Crippen LogP contribution >= 0.6 is 11.6 Å². The van der Waals surface area contributed by atoms with E-state index in [2.05, 4.69) is 34.1 Å². The van der Waals surface area contributed by atoms with Crippen molar-refractivity contribution >= 4 is 17.3 Å². The molecule has 0 atom stereocenters. The molecule has 3 aromatic rings. The second-order valence-electron chi connectivity index (χ2n) is 8.29. The van der Waals surface area contributed by atoms with Crippen LogP contribution in [0.4, 0.5) is 5.69 Å². The summed E-state index contributed by atoms with van der Waals surface area (Å²) in [5, 5.41) is 0.609. The lowest BCUT2D eigenvalue weighted by Crippen LogP contribution is -2.47. The molecular weight excluding hydrogens is 442 g/mol. The van der Waals surface area contributed by atoms with E-state index in [1.54, 1.807) is 12.5 Å². The minimum atomic E-state index is -0.987. The van der Waals surface area contributed by atoms with Gasteiger partial charge in [-0.15, -0.1) is 0 Å². The summed E-state index contributed by atoms with van der Waals surface area (Å²) in [7, 11) is 0. The van der Waals surface area contributed by atoms with Gasteiger partial charge in [-0.25, -0.2) is 4.98 Å². The number of aromatic nitrogens is 2. The van der Waals surface area contributed by atoms with Crippen LogP contribution in [0, 0.1) is 0 Å². The van der Waals surface area contributed by atoms with Gasteiger partial charge in [0.2, 0.25) is 5.79 Å². The minimum Gasteiger partial charge on any atom is -0.378 e. The van der Waals surface area contributed by atoms with Gasteiger partial charge in [-0.2, -0.15) is 0 Å². The third-order valence-corrected chi connectivity index (χ3v) is 6.37. The first-order valence-corrected chi connectivity index (χ1v) is 11.6. The Labute approximate surface area is 198 Å². The van der Waals surface area contributed by atoms with Crippen LogP contribution in [0.5, 0.6) is 0 Å². The van der Waals surface area contributed by atoms with Crippen molar-refractivity contribution < 1.29 is 18.9 Å². The van der Waals surface area contributed by atoms with Gasteiger partial charge >= 0.3 is 0 Å². The van der Waals surface area contributed by atoms with Crippen LogP contribution in [0.1, 0.15) is 11.1 Å². The largest absolute Gasteiger partial charge is 0.378 e. The SMILES string of the molecule is Clc1ccccc1[C@]1(Cn2ccnc2)OC[C@H](OCc2ccc(N3CCOCC3)cc2)CO1. The lowest BCUT2D eigenvalue weighted by molar-refractivity contribution is -0.313. The van der Waals surface area contributed by atoms with Crippen molar-refractivity contribution in [3.8, 4) is 0 Å². The van der Waals surface area contributed by atoms with Gasteiger partial charge in [0.1, 0.15) is 6.10 Å². The molecule has 0 saturated carbocycles. The zero-order valence-corrected chi connectivity index (χ0v) is 19.2. The Morgan fingerprint density at radius 1 is 1.03 bits per heavy atom. The molecule has 33 heavy (non-hydrogen) atoms. The lowest BCUT2D eigenvalue weighted by Gasteiger charge is -2.40. The van der Waals surface area contributed by atoms with E-state index in [4.69, 9.17) is 30.5 Å². The van der Waals surface area contributed by atoms with Gasteiger partial charge in [0, 0.05) is 41.8 Å². The number of nitrogens with zero attached hydrogens (tertiary/aromatic N) is 3. The molecule has 2 aromatic carbocycles. The third-order valence-electron chi connectivity index (χ3n) is 6.04. The Morgan fingerprint density at radius 2 is 1.79 bits per heavy atom. The van der Waals surface area contributed by atoms with Crippen LogP contribution in [-0.2, 0) is 37.9 Å². The van der Waals surface area contributed by atoms with Gasteiger partial charge < -0.3 is 28.4 Å². The van der Waals surface area contributed by atoms with Crippen molar-refractivity contribution in [2.75, 3.05) is 44.4 Å². The highest BCUT2D eigenvalue weighted by Gasteiger charge is 2.41. The van der Waals surface area contributed by atoms with E-state index in [1.807, 2.05) is 35.0 Å². The van der Waals surface area contributed by atoms with E-state index in [-0.39, 0.29) is 6.10 Å². The molecule has 5 rings (SSSR count). The molecule has 1 aromatic heterocycles. The number of rotatable bonds is 7. The van der Waals surface area contributed by atoms with Gasteiger partial charge in [-0.3, -0.25) is 0 Å². The first kappa shape index (κ1) is 22.4. The zero-order valence-electron chi connectivity index (χ0n) is 18.4. The molecule has 0 N–H and O–H groups in total. The molecule has 0 aliphatic carbocycles. The fourth-order valence-corrected chi connectivity index (χ4v) is 4.48. The fourth-order valence-electron chi connectivity index (χ4n) is 4.20. The van der Waals surface area contributed by atoms with Gasteiger partial charge in [-0.05, 0) is 23.8 Å². The van der Waals surface area contributed by atoms with Crippen LogP contribution in [0.2, 0.25) is 5.02 Å². The molecule has 2 saturated heterocycles. The summed E-state index contributed by atoms with van der Waals surface area (Å²) in [4.78, 5) is 6.47. The molecule has 2 fully saturated rings. The van der Waals surface area contributed by atoms with Crippen LogP contribution in [0.25, 0.3) is 0 Å². The van der Waals surface area contributed by atoms with Crippen molar-refractivity contribution in [2.24, 2.45) is 0 Å². The summed E-state index contributed by atoms with van der Waals surface area (Å²) in [6.45, 7) is 5.19. The van der Waals surface area contributed by atoms with Crippen LogP contribution < -0.4 is 4.90 Å². The van der Waals surface area contributed by atoms with Gasteiger partial charge in [0.25, 0.3) is 0 Å². The Kier molecular flexibility index (Phi) is 6.94. The maximum atomic E-state index is 6.51. The second kappa shape index (κ2) is 10.2. The van der Waals surface area contributed by atoms with E-state index >= 15 is 0 Å². The average molecular weight is 470 g/mol. The van der Waals surface area contributed by atoms with Crippen molar-refractivity contribution in [1.29, 1.82) is 0 Å². The molecule has 3 heterocycles. The number of hydrogen-bond acceptors (Lipinski definition) is 6. The number of morpholine rings is 1. The van der Waals surface area contributed by atoms with Crippen molar-refractivity contribution in [3.05, 3.63) is 83.4 Å². The standard InChI is InChI=1S/C25H28ClN3O4/c26-24-4-2-1-3-23(24)25(18-28-10-9-27-19-28)32-16-22(17-33-25)31-15-20-5-7-21(8-6-20)29-11-13-30-14-12-29/h1-10,19,22H,11-18H2/t22-,25+. The predicted octanol–water partition coefficient (Wildman–Crippen LogP) is 3.86. The molecule has 2 aliphatic rings. The van der Waals surface area contributed by atoms with E-state index in [0.717, 1.165) is 37.4 Å². The van der Waals surface area contributed by atoms with E-state index in [9.17, 15) is 0 Å². The smallest absolute Gasteiger partial charge is 0.215 e. The quantitative estimate of drug-likeness (QED) is 0.523. The average Bonchev–Trinajstić information content (AvgIpc) is 3.38. The fraction of sp³-hybridized carbons (Fsp3) is 0.400. The maximum absolute atomic E-state index is 6.51. The second-order valence-corrected chi connectivity index (χ2v) is 8.70. The highest BCUT2D eigenvalue weighted by atomic mass is 35.5. The number of anilines is 1. The molecule has 0 unspecified atom stereocenters. The molecular formula is C25H28ClN3O4. The molecule has 174 valence electrons. The molecule has 0 radical (unpaired) electrons. The van der Waals surface area contributed by atoms with Gasteiger partial charge in [0.15, 0.2) is 0 Å². The van der Waals surface area contributed by atoms with Gasteiger partial charge in [0.05, 0.1) is 45.9 Å². The molecule has 7 nitrogen and oxygen atoms in total. The topological polar surface area (TPSA) is 58.0 Å². The number of imidazole rings is 1. The predicted molar refractivity (Wildman–Crippen MR) is 125 cm³/mol. The summed E-state index contributed by atoms with van der Waals surface area (Å²) in [5.74, 6) is -0.987. The van der Waals surface area contributed by atoms with Crippen LogP contribution in [0.15, 0.2) is 67.3 Å². The summed E-state index contributed by atoms with van der Waals surface area (Å²) in [5.41, 5.74) is 3.14. The van der Waals surface area contributed by atoms with Crippen molar-refractivity contribution in [3.63, 3.8) is 0 Å². The summed E-state index contributed by atoms with van der Waals surface area (Å²) >= 11 is 6.51. The molecule has 0 bridgehead atoms. The lowest BCUT2D eigenvalue weighted by atomic mass is 10.0. The monoisotopic (exact) mass is 469 g/mol. The molecule has 2 aliphatic heterocycles. The maximum Gasteiger partial charge on any atom is 0.215 e. The molecule has 0 amide bonds. The normalized spacial score (nSPS) is 23.5. The minimum absolute atomic E-state index is 0.165. The summed E-state index contributed by atoms with van der Waals surface area (Å²) in [6.07, 6.45) is 5.20. The third kappa shape index (κ3) is 5.23. The Balaban J connectivity index is 1.20. The van der Waals surface area contributed by atoms with Crippen molar-refractivity contribution in [2.45, 2.75) is 25.0 Å². The Hall–Kier alpha value is -2.42. The zero-order chi connectivity index (χ0) is 22.5. The molecule has 0 spiro atoms. The van der Waals surface area contributed by atoms with Crippen LogP contribution in [0.3, 0.4) is 0 Å². The highest BCUT2D eigenvalue weighted by molar-refractivity contribution is 6.31. The Bertz CT molecular complexity index is 1010. The number of hydrogen-bond donors (Lipinski definition) is 0. The van der Waals surface area contributed by atoms with Gasteiger partial charge in [-0.1, -0.05) is 41.9 Å². The van der Waals surface area contributed by atoms with Crippen LogP contribution in [-0.4, -0.2) is 55.2 Å². The number of benzene rings is 2. The summed E-state index contributed by atoms with van der Waals surface area (Å²) in [6, 6.07) is 16.1. The molecule has 8 heteroatoms.